The van der Waals surface area contributed by atoms with Crippen LogP contribution in [0.3, 0.4) is 0 Å². The van der Waals surface area contributed by atoms with Gasteiger partial charge in [-0.15, -0.1) is 0 Å². The summed E-state index contributed by atoms with van der Waals surface area (Å²) in [6.07, 6.45) is 0.628. The Morgan fingerprint density at radius 2 is 1.67 bits per heavy atom. The van der Waals surface area contributed by atoms with Crippen molar-refractivity contribution in [1.82, 2.24) is 0 Å². The van der Waals surface area contributed by atoms with Crippen LogP contribution < -0.4 is 0 Å². The molecule has 1 aromatic carbocycles. The molecule has 0 radical (unpaired) electrons. The molecule has 18 heavy (non-hydrogen) atoms. The summed E-state index contributed by atoms with van der Waals surface area (Å²) in [4.78, 5) is 11.2. The van der Waals surface area contributed by atoms with Crippen molar-refractivity contribution in [1.29, 1.82) is 0 Å². The lowest BCUT2D eigenvalue weighted by atomic mass is 9.65. The van der Waals surface area contributed by atoms with Gasteiger partial charge in [0.1, 0.15) is 0 Å². The normalized spacial score (nSPS) is 12.5. The molecule has 0 aromatic heterocycles. The van der Waals surface area contributed by atoms with E-state index in [1.807, 2.05) is 26.0 Å². The molecular weight excluding hydrogens is 228 g/mol. The van der Waals surface area contributed by atoms with E-state index in [2.05, 4.69) is 13.8 Å². The van der Waals surface area contributed by atoms with Crippen LogP contribution in [0.1, 0.15) is 43.6 Å². The van der Waals surface area contributed by atoms with Crippen LogP contribution >= 0.6 is 0 Å². The number of hydrogen-bond acceptors (Lipinski definition) is 2. The van der Waals surface area contributed by atoms with Crippen LogP contribution in [0.5, 0.6) is 0 Å². The Bertz CT molecular complexity index is 433. The van der Waals surface area contributed by atoms with Gasteiger partial charge < -0.3 is 10.2 Å². The van der Waals surface area contributed by atoms with Gasteiger partial charge in [0, 0.05) is 6.61 Å². The van der Waals surface area contributed by atoms with E-state index in [1.165, 1.54) is 0 Å². The van der Waals surface area contributed by atoms with E-state index in [4.69, 9.17) is 0 Å². The third-order valence-electron chi connectivity index (χ3n) is 4.11. The van der Waals surface area contributed by atoms with Crippen molar-refractivity contribution in [3.8, 4) is 0 Å². The van der Waals surface area contributed by atoms with Crippen LogP contribution in [0.15, 0.2) is 24.3 Å². The van der Waals surface area contributed by atoms with Gasteiger partial charge in [0.15, 0.2) is 0 Å². The van der Waals surface area contributed by atoms with Crippen molar-refractivity contribution in [3.05, 3.63) is 35.4 Å². The fourth-order valence-electron chi connectivity index (χ4n) is 1.81. The van der Waals surface area contributed by atoms with Crippen molar-refractivity contribution in [2.75, 3.05) is 6.61 Å². The smallest absolute Gasteiger partial charge is 0.335 e. The molecule has 0 aliphatic rings. The minimum atomic E-state index is -0.900. The molecule has 0 heterocycles. The first-order valence-corrected chi connectivity index (χ1v) is 6.13. The maximum Gasteiger partial charge on any atom is 0.335 e. The van der Waals surface area contributed by atoms with Crippen LogP contribution in [0, 0.1) is 10.8 Å². The Balaban J connectivity index is 3.08. The van der Waals surface area contributed by atoms with E-state index in [-0.39, 0.29) is 17.4 Å². The maximum atomic E-state index is 11.2. The summed E-state index contributed by atoms with van der Waals surface area (Å²) >= 11 is 0. The lowest BCUT2D eigenvalue weighted by Gasteiger charge is -2.40. The Morgan fingerprint density at radius 1 is 1.11 bits per heavy atom. The lowest BCUT2D eigenvalue weighted by molar-refractivity contribution is 0.0366. The molecule has 3 heteroatoms. The molecule has 1 rings (SSSR count). The zero-order valence-corrected chi connectivity index (χ0v) is 11.5. The molecule has 0 aliphatic heterocycles. The highest BCUT2D eigenvalue weighted by Gasteiger charge is 2.37. The van der Waals surface area contributed by atoms with E-state index >= 15 is 0 Å². The highest BCUT2D eigenvalue weighted by molar-refractivity contribution is 5.89. The molecule has 0 saturated carbocycles. The predicted molar refractivity (Wildman–Crippen MR) is 71.8 cm³/mol. The van der Waals surface area contributed by atoms with Crippen LogP contribution in [-0.2, 0) is 6.42 Å². The minimum absolute atomic E-state index is 0.0786. The second kappa shape index (κ2) is 5.11. The Labute approximate surface area is 108 Å². The van der Waals surface area contributed by atoms with Gasteiger partial charge in [0.25, 0.3) is 0 Å². The molecule has 3 nitrogen and oxygen atoms in total. The van der Waals surface area contributed by atoms with E-state index in [0.717, 1.165) is 5.56 Å². The Hall–Kier alpha value is -1.35. The fourth-order valence-corrected chi connectivity index (χ4v) is 1.81. The number of carbonyl (C=O) groups is 1. The summed E-state index contributed by atoms with van der Waals surface area (Å²) in [6, 6.07) is 7.05. The van der Waals surface area contributed by atoms with Crippen molar-refractivity contribution in [2.45, 2.75) is 34.1 Å². The molecule has 0 amide bonds. The second-order valence-electron chi connectivity index (χ2n) is 6.06. The summed E-state index contributed by atoms with van der Waals surface area (Å²) < 4.78 is 0. The molecule has 0 atom stereocenters. The van der Waals surface area contributed by atoms with Gasteiger partial charge in [0.2, 0.25) is 0 Å². The first-order valence-electron chi connectivity index (χ1n) is 6.13. The molecule has 0 fully saturated rings. The molecule has 2 N–H and O–H groups in total. The topological polar surface area (TPSA) is 57.5 Å². The van der Waals surface area contributed by atoms with Crippen LogP contribution in [-0.4, -0.2) is 22.8 Å². The zero-order chi connectivity index (χ0) is 14.0. The Kier molecular flexibility index (Phi) is 4.17. The molecule has 0 bridgehead atoms. The van der Waals surface area contributed by atoms with Gasteiger partial charge in [-0.05, 0) is 28.9 Å². The average Bonchev–Trinajstić information content (AvgIpc) is 2.28. The standard InChI is InChI=1S/C15H22O3/c1-14(2,15(3,4)10-16)9-11-7-5-6-8-12(11)13(17)18/h5-8,16H,9-10H2,1-4H3,(H,17,18). The second-order valence-corrected chi connectivity index (χ2v) is 6.06. The van der Waals surface area contributed by atoms with E-state index in [9.17, 15) is 15.0 Å². The molecule has 0 spiro atoms. The number of carboxylic acids is 1. The molecule has 0 unspecified atom stereocenters. The largest absolute Gasteiger partial charge is 0.478 e. The summed E-state index contributed by atoms with van der Waals surface area (Å²) in [5.74, 6) is -0.900. The van der Waals surface area contributed by atoms with E-state index in [1.54, 1.807) is 12.1 Å². The summed E-state index contributed by atoms with van der Waals surface area (Å²) in [7, 11) is 0. The first-order chi connectivity index (χ1) is 8.21. The summed E-state index contributed by atoms with van der Waals surface area (Å²) in [5.41, 5.74) is 0.710. The fraction of sp³-hybridized carbons (Fsp3) is 0.533. The number of hydrogen-bond donors (Lipinski definition) is 2. The third-order valence-corrected chi connectivity index (χ3v) is 4.11. The number of aliphatic hydroxyl groups excluding tert-OH is 1. The van der Waals surface area contributed by atoms with Gasteiger partial charge in [0.05, 0.1) is 5.56 Å². The number of rotatable bonds is 5. The van der Waals surface area contributed by atoms with Gasteiger partial charge in [-0.3, -0.25) is 0 Å². The average molecular weight is 250 g/mol. The quantitative estimate of drug-likeness (QED) is 0.844. The van der Waals surface area contributed by atoms with Crippen LogP contribution in [0.4, 0.5) is 0 Å². The van der Waals surface area contributed by atoms with E-state index in [0.29, 0.717) is 12.0 Å². The lowest BCUT2D eigenvalue weighted by Crippen LogP contribution is -2.37. The summed E-state index contributed by atoms with van der Waals surface area (Å²) in [5, 5.41) is 18.6. The first kappa shape index (κ1) is 14.7. The molecule has 1 aromatic rings. The van der Waals surface area contributed by atoms with Gasteiger partial charge in [-0.1, -0.05) is 45.9 Å². The maximum absolute atomic E-state index is 11.2. The van der Waals surface area contributed by atoms with Crippen LogP contribution in [0.25, 0.3) is 0 Å². The SMILES string of the molecule is CC(C)(CO)C(C)(C)Cc1ccccc1C(=O)O. The van der Waals surface area contributed by atoms with Gasteiger partial charge >= 0.3 is 5.97 Å². The van der Waals surface area contributed by atoms with E-state index < -0.39 is 5.97 Å². The van der Waals surface area contributed by atoms with Crippen LogP contribution in [0.2, 0.25) is 0 Å². The predicted octanol–water partition coefficient (Wildman–Crippen LogP) is 2.97. The number of carboxylic acid groups (broad SMARTS) is 1. The summed E-state index contributed by atoms with van der Waals surface area (Å²) in [6.45, 7) is 8.19. The van der Waals surface area contributed by atoms with Gasteiger partial charge in [-0.2, -0.15) is 0 Å². The van der Waals surface area contributed by atoms with Crippen molar-refractivity contribution < 1.29 is 15.0 Å². The minimum Gasteiger partial charge on any atom is -0.478 e. The number of benzene rings is 1. The molecule has 0 aliphatic carbocycles. The van der Waals surface area contributed by atoms with Crippen molar-refractivity contribution in [2.24, 2.45) is 10.8 Å². The number of aromatic carboxylic acids is 1. The highest BCUT2D eigenvalue weighted by atomic mass is 16.4. The monoisotopic (exact) mass is 250 g/mol. The van der Waals surface area contributed by atoms with Crippen molar-refractivity contribution in [3.63, 3.8) is 0 Å². The van der Waals surface area contributed by atoms with Gasteiger partial charge in [-0.25, -0.2) is 4.79 Å². The number of aliphatic hydroxyl groups is 1. The highest BCUT2D eigenvalue weighted by Crippen LogP contribution is 2.41. The Morgan fingerprint density at radius 3 is 2.17 bits per heavy atom. The zero-order valence-electron chi connectivity index (χ0n) is 11.5. The third kappa shape index (κ3) is 2.91. The molecular formula is C15H22O3. The van der Waals surface area contributed by atoms with Crippen molar-refractivity contribution >= 4 is 5.97 Å². The molecule has 100 valence electrons. The molecule has 0 saturated heterocycles.